The molecule has 1 unspecified atom stereocenters. The molecular formula is C22H23N3O2. The first kappa shape index (κ1) is 18.6. The summed E-state index contributed by atoms with van der Waals surface area (Å²) in [6.07, 6.45) is 5.19. The van der Waals surface area contributed by atoms with Crippen LogP contribution in [-0.4, -0.2) is 28.5 Å². The van der Waals surface area contributed by atoms with Gasteiger partial charge in [0.05, 0.1) is 12.2 Å². The summed E-state index contributed by atoms with van der Waals surface area (Å²) >= 11 is 0. The Labute approximate surface area is 159 Å². The number of benzene rings is 2. The number of aromatic nitrogens is 2. The number of hydrogen-bond acceptors (Lipinski definition) is 4. The van der Waals surface area contributed by atoms with Crippen molar-refractivity contribution in [2.75, 3.05) is 6.61 Å². The van der Waals surface area contributed by atoms with E-state index in [0.29, 0.717) is 12.2 Å². The van der Waals surface area contributed by atoms with Crippen molar-refractivity contribution in [2.45, 2.75) is 26.3 Å². The van der Waals surface area contributed by atoms with Gasteiger partial charge in [0.2, 0.25) is 0 Å². The van der Waals surface area contributed by atoms with E-state index >= 15 is 0 Å². The van der Waals surface area contributed by atoms with Crippen LogP contribution in [0.4, 0.5) is 0 Å². The van der Waals surface area contributed by atoms with E-state index in [1.807, 2.05) is 26.0 Å². The van der Waals surface area contributed by atoms with Crippen molar-refractivity contribution in [1.29, 1.82) is 0 Å². The van der Waals surface area contributed by atoms with Gasteiger partial charge in [-0.05, 0) is 49.1 Å². The minimum atomic E-state index is -0.158. The molecule has 5 nitrogen and oxygen atoms in total. The summed E-state index contributed by atoms with van der Waals surface area (Å²) in [5.41, 5.74) is 3.94. The first-order valence-corrected chi connectivity index (χ1v) is 9.03. The average molecular weight is 361 g/mol. The highest BCUT2D eigenvalue weighted by Crippen LogP contribution is 2.23. The summed E-state index contributed by atoms with van der Waals surface area (Å²) in [5.74, 6) is 0.723. The van der Waals surface area contributed by atoms with Crippen LogP contribution in [0.1, 0.15) is 29.8 Å². The second-order valence-corrected chi connectivity index (χ2v) is 6.36. The molecule has 0 saturated heterocycles. The third-order valence-electron chi connectivity index (χ3n) is 4.19. The number of carbonyl (C=O) groups excluding carboxylic acids is 1. The first-order chi connectivity index (χ1) is 13.2. The Kier molecular flexibility index (Phi) is 6.15. The lowest BCUT2D eigenvalue weighted by atomic mass is 10.0. The lowest BCUT2D eigenvalue weighted by Gasteiger charge is -2.14. The number of rotatable bonds is 7. The maximum atomic E-state index is 12.2. The second kappa shape index (κ2) is 8.94. The SMILES string of the molecule is CCOc1ccc(-c2ccc(CC(C)NC(=O)c3cncnc3)cc2)cc1. The molecule has 3 aromatic rings. The van der Waals surface area contributed by atoms with Crippen molar-refractivity contribution < 1.29 is 9.53 Å². The van der Waals surface area contributed by atoms with Crippen molar-refractivity contribution in [3.8, 4) is 16.9 Å². The average Bonchev–Trinajstić information content (AvgIpc) is 2.70. The summed E-state index contributed by atoms with van der Waals surface area (Å²) in [6, 6.07) is 16.5. The van der Waals surface area contributed by atoms with Crippen LogP contribution >= 0.6 is 0 Å². The lowest BCUT2D eigenvalue weighted by molar-refractivity contribution is 0.0939. The van der Waals surface area contributed by atoms with Gasteiger partial charge < -0.3 is 10.1 Å². The second-order valence-electron chi connectivity index (χ2n) is 6.36. The Balaban J connectivity index is 1.59. The van der Waals surface area contributed by atoms with Crippen LogP contribution in [0.25, 0.3) is 11.1 Å². The monoisotopic (exact) mass is 361 g/mol. The van der Waals surface area contributed by atoms with Crippen molar-refractivity contribution >= 4 is 5.91 Å². The van der Waals surface area contributed by atoms with Crippen LogP contribution in [-0.2, 0) is 6.42 Å². The van der Waals surface area contributed by atoms with E-state index in [4.69, 9.17) is 4.74 Å². The molecule has 1 atom stereocenters. The topological polar surface area (TPSA) is 64.1 Å². The number of hydrogen-bond donors (Lipinski definition) is 1. The van der Waals surface area contributed by atoms with Crippen LogP contribution in [0.3, 0.4) is 0 Å². The predicted molar refractivity (Wildman–Crippen MR) is 106 cm³/mol. The van der Waals surface area contributed by atoms with E-state index in [1.165, 1.54) is 24.3 Å². The molecule has 27 heavy (non-hydrogen) atoms. The number of nitrogens with zero attached hydrogens (tertiary/aromatic N) is 2. The van der Waals surface area contributed by atoms with E-state index in [9.17, 15) is 4.79 Å². The smallest absolute Gasteiger partial charge is 0.254 e. The molecule has 0 saturated carbocycles. The number of ether oxygens (including phenoxy) is 1. The zero-order valence-corrected chi connectivity index (χ0v) is 15.6. The van der Waals surface area contributed by atoms with Gasteiger partial charge in [-0.15, -0.1) is 0 Å². The third-order valence-corrected chi connectivity index (χ3v) is 4.19. The fourth-order valence-corrected chi connectivity index (χ4v) is 2.87. The Morgan fingerprint density at radius 3 is 2.19 bits per heavy atom. The van der Waals surface area contributed by atoms with Gasteiger partial charge in [0, 0.05) is 18.4 Å². The minimum Gasteiger partial charge on any atom is -0.494 e. The molecule has 0 fully saturated rings. The minimum absolute atomic E-state index is 0.00836. The molecule has 0 spiro atoms. The molecule has 1 N–H and O–H groups in total. The van der Waals surface area contributed by atoms with Gasteiger partial charge in [-0.2, -0.15) is 0 Å². The van der Waals surface area contributed by atoms with Gasteiger partial charge in [0.1, 0.15) is 12.1 Å². The Bertz CT molecular complexity index is 862. The summed E-state index contributed by atoms with van der Waals surface area (Å²) in [4.78, 5) is 19.9. The largest absolute Gasteiger partial charge is 0.494 e. The molecule has 1 aromatic heterocycles. The zero-order chi connectivity index (χ0) is 19.1. The van der Waals surface area contributed by atoms with Gasteiger partial charge in [0.25, 0.3) is 5.91 Å². The van der Waals surface area contributed by atoms with Crippen LogP contribution in [0, 0.1) is 0 Å². The normalized spacial score (nSPS) is 11.6. The van der Waals surface area contributed by atoms with Gasteiger partial charge in [-0.3, -0.25) is 4.79 Å². The molecule has 1 heterocycles. The standard InChI is InChI=1S/C22H23N3O2/c1-3-27-21-10-8-19(9-11-21)18-6-4-17(5-7-18)12-16(2)25-22(26)20-13-23-15-24-14-20/h4-11,13-16H,3,12H2,1-2H3,(H,25,26). The molecule has 2 aromatic carbocycles. The van der Waals surface area contributed by atoms with Crippen molar-refractivity contribution in [2.24, 2.45) is 0 Å². The molecular weight excluding hydrogens is 338 g/mol. The summed E-state index contributed by atoms with van der Waals surface area (Å²) in [7, 11) is 0. The predicted octanol–water partition coefficient (Wildman–Crippen LogP) is 3.90. The molecule has 3 rings (SSSR count). The summed E-state index contributed by atoms with van der Waals surface area (Å²) in [6.45, 7) is 4.63. The fraction of sp³-hybridized carbons (Fsp3) is 0.227. The van der Waals surface area contributed by atoms with Crippen LogP contribution in [0.2, 0.25) is 0 Å². The fourth-order valence-electron chi connectivity index (χ4n) is 2.87. The molecule has 1 amide bonds. The van der Waals surface area contributed by atoms with Crippen molar-refractivity contribution in [3.05, 3.63) is 78.4 Å². The number of amides is 1. The summed E-state index contributed by atoms with van der Waals surface area (Å²) < 4.78 is 5.48. The van der Waals surface area contributed by atoms with E-state index < -0.39 is 0 Å². The Hall–Kier alpha value is -3.21. The zero-order valence-electron chi connectivity index (χ0n) is 15.6. The summed E-state index contributed by atoms with van der Waals surface area (Å²) in [5, 5.41) is 2.98. The quantitative estimate of drug-likeness (QED) is 0.693. The van der Waals surface area contributed by atoms with E-state index in [-0.39, 0.29) is 11.9 Å². The first-order valence-electron chi connectivity index (χ1n) is 9.03. The maximum Gasteiger partial charge on any atom is 0.254 e. The number of nitrogens with one attached hydrogen (secondary N) is 1. The van der Waals surface area contributed by atoms with Crippen LogP contribution in [0.15, 0.2) is 67.3 Å². The van der Waals surface area contributed by atoms with E-state index in [2.05, 4.69) is 51.7 Å². The Morgan fingerprint density at radius 1 is 1.00 bits per heavy atom. The van der Waals surface area contributed by atoms with Crippen LogP contribution in [0.5, 0.6) is 5.75 Å². The van der Waals surface area contributed by atoms with Crippen molar-refractivity contribution in [3.63, 3.8) is 0 Å². The third kappa shape index (κ3) is 5.14. The van der Waals surface area contributed by atoms with E-state index in [1.54, 1.807) is 0 Å². The highest BCUT2D eigenvalue weighted by atomic mass is 16.5. The molecule has 0 radical (unpaired) electrons. The molecule has 0 aliphatic carbocycles. The van der Waals surface area contributed by atoms with Gasteiger partial charge in [0.15, 0.2) is 0 Å². The van der Waals surface area contributed by atoms with E-state index in [0.717, 1.165) is 23.3 Å². The van der Waals surface area contributed by atoms with Crippen LogP contribution < -0.4 is 10.1 Å². The Morgan fingerprint density at radius 2 is 1.59 bits per heavy atom. The van der Waals surface area contributed by atoms with Gasteiger partial charge in [-0.1, -0.05) is 36.4 Å². The lowest BCUT2D eigenvalue weighted by Crippen LogP contribution is -2.34. The van der Waals surface area contributed by atoms with Gasteiger partial charge >= 0.3 is 0 Å². The molecule has 0 aliphatic rings. The van der Waals surface area contributed by atoms with Crippen molar-refractivity contribution in [1.82, 2.24) is 15.3 Å². The number of carbonyl (C=O) groups is 1. The highest BCUT2D eigenvalue weighted by Gasteiger charge is 2.11. The molecule has 138 valence electrons. The van der Waals surface area contributed by atoms with Gasteiger partial charge in [-0.25, -0.2) is 9.97 Å². The molecule has 0 aliphatic heterocycles. The highest BCUT2D eigenvalue weighted by molar-refractivity contribution is 5.93. The molecule has 0 bridgehead atoms. The maximum absolute atomic E-state index is 12.2. The molecule has 5 heteroatoms.